The number of benzene rings is 2. The number of amides is 1. The Morgan fingerprint density at radius 1 is 1.00 bits per heavy atom. The van der Waals surface area contributed by atoms with Crippen LogP contribution in [0.3, 0.4) is 0 Å². The van der Waals surface area contributed by atoms with Crippen LogP contribution in [-0.4, -0.2) is 65.3 Å². The van der Waals surface area contributed by atoms with Crippen LogP contribution in [-0.2, 0) is 22.6 Å². The zero-order chi connectivity index (χ0) is 26.7. The Kier molecular flexibility index (Phi) is 10.6. The van der Waals surface area contributed by atoms with Crippen molar-refractivity contribution < 1.29 is 36.8 Å². The first-order valence-corrected chi connectivity index (χ1v) is 10.9. The predicted octanol–water partition coefficient (Wildman–Crippen LogP) is 4.64. The maximum Gasteiger partial charge on any atom is 0.490 e. The van der Waals surface area contributed by atoms with E-state index >= 15 is 0 Å². The van der Waals surface area contributed by atoms with Gasteiger partial charge in [0.15, 0.2) is 5.76 Å². The average Bonchev–Trinajstić information content (AvgIpc) is 3.29. The molecule has 0 saturated heterocycles. The second-order valence-electron chi connectivity index (χ2n) is 8.09. The largest absolute Gasteiger partial charge is 0.490 e. The molecule has 0 fully saturated rings. The summed E-state index contributed by atoms with van der Waals surface area (Å²) in [6.07, 6.45) is -2.58. The fourth-order valence-electron chi connectivity index (χ4n) is 3.09. The number of rotatable bonds is 9. The van der Waals surface area contributed by atoms with Gasteiger partial charge in [0.25, 0.3) is 0 Å². The van der Waals surface area contributed by atoms with Crippen LogP contribution < -0.4 is 0 Å². The predicted molar refractivity (Wildman–Crippen MR) is 124 cm³/mol. The number of carbonyl (C=O) groups is 2. The van der Waals surface area contributed by atoms with Crippen LogP contribution in [0, 0.1) is 5.82 Å². The summed E-state index contributed by atoms with van der Waals surface area (Å²) >= 11 is 0. The number of aromatic nitrogens is 1. The summed E-state index contributed by atoms with van der Waals surface area (Å²) in [7, 11) is 3.99. The van der Waals surface area contributed by atoms with E-state index in [4.69, 9.17) is 14.4 Å². The number of likely N-dealkylation sites (N-methyl/N-ethyl adjacent to an activating group) is 1. The molecule has 1 N–H and O–H groups in total. The maximum atomic E-state index is 13.2. The SMILES string of the molecule is CN(C)CCN(Cc1ccccc1)C(=O)CCc1cnoc1-c1ccc(F)cc1.O=C(O)C(F)(F)F. The number of aryl methyl sites for hydroxylation is 1. The van der Waals surface area contributed by atoms with Gasteiger partial charge in [0.2, 0.25) is 5.91 Å². The van der Waals surface area contributed by atoms with E-state index in [2.05, 4.69) is 10.1 Å². The van der Waals surface area contributed by atoms with E-state index in [1.165, 1.54) is 12.1 Å². The van der Waals surface area contributed by atoms with Crippen molar-refractivity contribution in [1.82, 2.24) is 15.0 Å². The molecule has 1 heterocycles. The van der Waals surface area contributed by atoms with Gasteiger partial charge in [-0.1, -0.05) is 35.5 Å². The normalized spacial score (nSPS) is 11.1. The van der Waals surface area contributed by atoms with Crippen LogP contribution in [0.1, 0.15) is 17.5 Å². The minimum atomic E-state index is -5.08. The highest BCUT2D eigenvalue weighted by Gasteiger charge is 2.38. The summed E-state index contributed by atoms with van der Waals surface area (Å²) in [5.74, 6) is -2.39. The smallest absolute Gasteiger partial charge is 0.475 e. The van der Waals surface area contributed by atoms with E-state index in [9.17, 15) is 22.4 Å². The Morgan fingerprint density at radius 2 is 1.61 bits per heavy atom. The molecule has 0 spiro atoms. The Balaban J connectivity index is 0.000000572. The number of nitrogens with zero attached hydrogens (tertiary/aromatic N) is 3. The summed E-state index contributed by atoms with van der Waals surface area (Å²) in [4.78, 5) is 25.8. The topological polar surface area (TPSA) is 86.9 Å². The number of hydrogen-bond acceptors (Lipinski definition) is 5. The minimum Gasteiger partial charge on any atom is -0.475 e. The van der Waals surface area contributed by atoms with Crippen LogP contribution in [0.25, 0.3) is 11.3 Å². The molecule has 3 aromatic rings. The van der Waals surface area contributed by atoms with E-state index in [0.717, 1.165) is 23.2 Å². The average molecular weight is 510 g/mol. The first-order chi connectivity index (χ1) is 17.0. The van der Waals surface area contributed by atoms with Crippen LogP contribution in [0.4, 0.5) is 17.6 Å². The third kappa shape index (κ3) is 9.49. The van der Waals surface area contributed by atoms with Crippen LogP contribution in [0.2, 0.25) is 0 Å². The van der Waals surface area contributed by atoms with Gasteiger partial charge in [-0.05, 0) is 50.3 Å². The van der Waals surface area contributed by atoms with Crippen molar-refractivity contribution in [3.8, 4) is 11.3 Å². The molecule has 194 valence electrons. The van der Waals surface area contributed by atoms with Gasteiger partial charge in [0.1, 0.15) is 5.82 Å². The van der Waals surface area contributed by atoms with Crippen molar-refractivity contribution in [1.29, 1.82) is 0 Å². The third-order valence-electron chi connectivity index (χ3n) is 4.99. The Hall–Kier alpha value is -3.73. The first kappa shape index (κ1) is 28.5. The molecule has 0 saturated carbocycles. The van der Waals surface area contributed by atoms with Crippen molar-refractivity contribution in [2.24, 2.45) is 0 Å². The van der Waals surface area contributed by atoms with Gasteiger partial charge in [0, 0.05) is 37.2 Å². The van der Waals surface area contributed by atoms with Gasteiger partial charge in [-0.3, -0.25) is 4.79 Å². The molecule has 0 radical (unpaired) electrons. The molecule has 11 heteroatoms. The zero-order valence-electron chi connectivity index (χ0n) is 19.8. The van der Waals surface area contributed by atoms with E-state index in [1.54, 1.807) is 18.3 Å². The standard InChI is InChI=1S/C23H26FN3O2.C2HF3O2/c1-26(2)14-15-27(17-18-6-4-3-5-7-18)22(28)13-10-20-16-25-29-23(20)19-8-11-21(24)12-9-19;3-2(4,5)1(6)7/h3-9,11-12,16H,10,13-15,17H2,1-2H3;(H,6,7). The number of halogens is 4. The fourth-order valence-corrected chi connectivity index (χ4v) is 3.09. The molecule has 3 rings (SSSR count). The molecule has 0 bridgehead atoms. The fraction of sp³-hybridized carbons (Fsp3) is 0.320. The number of aliphatic carboxylic acids is 1. The zero-order valence-corrected chi connectivity index (χ0v) is 19.8. The van der Waals surface area contributed by atoms with Gasteiger partial charge in [-0.25, -0.2) is 9.18 Å². The van der Waals surface area contributed by atoms with E-state index in [-0.39, 0.29) is 11.7 Å². The summed E-state index contributed by atoms with van der Waals surface area (Å²) < 4.78 is 50.3. The Labute approximate surface area is 205 Å². The highest BCUT2D eigenvalue weighted by molar-refractivity contribution is 5.77. The monoisotopic (exact) mass is 509 g/mol. The number of hydrogen-bond donors (Lipinski definition) is 1. The molecular formula is C25H27F4N3O4. The Bertz CT molecular complexity index is 1100. The number of carboxylic acid groups (broad SMARTS) is 1. The first-order valence-electron chi connectivity index (χ1n) is 10.9. The molecule has 0 unspecified atom stereocenters. The molecule has 0 aliphatic carbocycles. The lowest BCUT2D eigenvalue weighted by molar-refractivity contribution is -0.192. The highest BCUT2D eigenvalue weighted by atomic mass is 19.4. The van der Waals surface area contributed by atoms with Gasteiger partial charge >= 0.3 is 12.1 Å². The molecule has 1 amide bonds. The molecule has 0 aliphatic rings. The second kappa shape index (κ2) is 13.4. The van der Waals surface area contributed by atoms with Crippen LogP contribution in [0.15, 0.2) is 65.3 Å². The van der Waals surface area contributed by atoms with E-state index in [0.29, 0.717) is 31.7 Å². The minimum absolute atomic E-state index is 0.0851. The van der Waals surface area contributed by atoms with Crippen molar-refractivity contribution in [2.75, 3.05) is 27.2 Å². The molecular weight excluding hydrogens is 482 g/mol. The number of alkyl halides is 3. The van der Waals surface area contributed by atoms with Crippen molar-refractivity contribution in [3.05, 3.63) is 77.7 Å². The number of carbonyl (C=O) groups excluding carboxylic acids is 1. The van der Waals surface area contributed by atoms with Gasteiger partial charge in [0.05, 0.1) is 6.20 Å². The van der Waals surface area contributed by atoms with E-state index in [1.807, 2.05) is 49.3 Å². The quantitative estimate of drug-likeness (QED) is 0.423. The van der Waals surface area contributed by atoms with Gasteiger partial charge < -0.3 is 19.4 Å². The maximum absolute atomic E-state index is 13.2. The lowest BCUT2D eigenvalue weighted by Gasteiger charge is -2.24. The molecule has 0 aliphatic heterocycles. The van der Waals surface area contributed by atoms with Gasteiger partial charge in [-0.15, -0.1) is 0 Å². The summed E-state index contributed by atoms with van der Waals surface area (Å²) in [6, 6.07) is 16.1. The molecule has 36 heavy (non-hydrogen) atoms. The molecule has 7 nitrogen and oxygen atoms in total. The lowest BCUT2D eigenvalue weighted by atomic mass is 10.0. The Morgan fingerprint density at radius 3 is 2.17 bits per heavy atom. The molecule has 1 aromatic heterocycles. The molecule has 2 aromatic carbocycles. The summed E-state index contributed by atoms with van der Waals surface area (Å²) in [5, 5.41) is 11.0. The molecule has 0 atom stereocenters. The summed E-state index contributed by atoms with van der Waals surface area (Å²) in [5.41, 5.74) is 2.70. The lowest BCUT2D eigenvalue weighted by Crippen LogP contribution is -2.36. The third-order valence-corrected chi connectivity index (χ3v) is 4.99. The van der Waals surface area contributed by atoms with E-state index < -0.39 is 12.1 Å². The number of carboxylic acids is 1. The highest BCUT2D eigenvalue weighted by Crippen LogP contribution is 2.25. The van der Waals surface area contributed by atoms with Crippen molar-refractivity contribution in [2.45, 2.75) is 25.6 Å². The summed E-state index contributed by atoms with van der Waals surface area (Å²) in [6.45, 7) is 2.05. The van der Waals surface area contributed by atoms with Gasteiger partial charge in [-0.2, -0.15) is 13.2 Å². The second-order valence-corrected chi connectivity index (χ2v) is 8.09. The van der Waals surface area contributed by atoms with Crippen molar-refractivity contribution in [3.63, 3.8) is 0 Å². The van der Waals surface area contributed by atoms with Crippen molar-refractivity contribution >= 4 is 11.9 Å². The van der Waals surface area contributed by atoms with Crippen LogP contribution in [0.5, 0.6) is 0 Å². The van der Waals surface area contributed by atoms with Crippen LogP contribution >= 0.6 is 0 Å².